The molecular weight excluding hydrogens is 317 g/mol. The molecule has 0 fully saturated rings. The number of aryl methyl sites for hydroxylation is 1. The van der Waals surface area contributed by atoms with Crippen molar-refractivity contribution in [1.29, 1.82) is 0 Å². The molecule has 4 nitrogen and oxygen atoms in total. The van der Waals surface area contributed by atoms with Crippen molar-refractivity contribution in [3.05, 3.63) is 65.1 Å². The lowest BCUT2D eigenvalue weighted by atomic mass is 10.0. The molecule has 0 spiro atoms. The predicted octanol–water partition coefficient (Wildman–Crippen LogP) is 4.46. The van der Waals surface area contributed by atoms with Gasteiger partial charge in [0.05, 0.1) is 0 Å². The molecule has 0 radical (unpaired) electrons. The first-order valence-electron chi connectivity index (χ1n) is 8.58. The number of H-pyrrole nitrogens is 1. The highest BCUT2D eigenvalue weighted by molar-refractivity contribution is 5.91. The minimum Gasteiger partial charge on any atom is -0.358 e. The van der Waals surface area contributed by atoms with E-state index in [1.807, 2.05) is 24.3 Å². The van der Waals surface area contributed by atoms with Gasteiger partial charge in [0.15, 0.2) is 0 Å². The molecule has 25 heavy (non-hydrogen) atoms. The van der Waals surface area contributed by atoms with Crippen LogP contribution in [-0.2, 0) is 19.4 Å². The Morgan fingerprint density at radius 2 is 2.12 bits per heavy atom. The van der Waals surface area contributed by atoms with E-state index in [0.29, 0.717) is 13.1 Å². The largest absolute Gasteiger partial charge is 0.358 e. The molecule has 128 valence electrons. The minimum atomic E-state index is -0.257. The molecule has 0 atom stereocenters. The third kappa shape index (κ3) is 2.86. The second kappa shape index (κ2) is 6.24. The molecule has 1 aromatic heterocycles. The van der Waals surface area contributed by atoms with Crippen molar-refractivity contribution >= 4 is 22.6 Å². The summed E-state index contributed by atoms with van der Waals surface area (Å²) in [5, 5.41) is 3.88. The predicted molar refractivity (Wildman–Crippen MR) is 97.2 cm³/mol. The monoisotopic (exact) mass is 337 g/mol. The second-order valence-electron chi connectivity index (χ2n) is 6.38. The van der Waals surface area contributed by atoms with Gasteiger partial charge in [-0.05, 0) is 36.2 Å². The lowest BCUT2D eigenvalue weighted by Gasteiger charge is -2.27. The van der Waals surface area contributed by atoms with Gasteiger partial charge in [-0.15, -0.1) is 0 Å². The van der Waals surface area contributed by atoms with Gasteiger partial charge in [-0.25, -0.2) is 9.18 Å². The van der Waals surface area contributed by atoms with Crippen molar-refractivity contribution in [3.8, 4) is 0 Å². The normalized spacial score (nSPS) is 13.8. The number of hydrogen-bond acceptors (Lipinski definition) is 1. The fraction of sp³-hybridized carbons (Fsp3) is 0.250. The maximum absolute atomic E-state index is 13.6. The molecule has 2 heterocycles. The number of nitrogens with zero attached hydrogens (tertiary/aromatic N) is 1. The molecule has 0 aliphatic carbocycles. The number of carbonyl (C=O) groups is 1. The maximum atomic E-state index is 13.6. The summed E-state index contributed by atoms with van der Waals surface area (Å²) in [6.07, 6.45) is 1.61. The number of rotatable bonds is 2. The molecule has 2 aromatic carbocycles. The van der Waals surface area contributed by atoms with Gasteiger partial charge in [-0.3, -0.25) is 0 Å². The van der Waals surface area contributed by atoms with E-state index in [1.54, 1.807) is 17.0 Å². The number of benzene rings is 2. The highest BCUT2D eigenvalue weighted by atomic mass is 19.1. The average Bonchev–Trinajstić information content (AvgIpc) is 2.99. The van der Waals surface area contributed by atoms with Gasteiger partial charge in [0.2, 0.25) is 0 Å². The van der Waals surface area contributed by atoms with Crippen molar-refractivity contribution in [2.24, 2.45) is 0 Å². The van der Waals surface area contributed by atoms with E-state index in [9.17, 15) is 9.18 Å². The highest BCUT2D eigenvalue weighted by Crippen LogP contribution is 2.28. The third-order valence-electron chi connectivity index (χ3n) is 4.86. The number of para-hydroxylation sites is 1. The van der Waals surface area contributed by atoms with E-state index in [2.05, 4.69) is 17.2 Å². The summed E-state index contributed by atoms with van der Waals surface area (Å²) in [5.41, 5.74) is 5.00. The van der Waals surface area contributed by atoms with Crippen LogP contribution >= 0.6 is 0 Å². The Labute approximate surface area is 145 Å². The lowest BCUT2D eigenvalue weighted by Crippen LogP contribution is -2.38. The van der Waals surface area contributed by atoms with Gasteiger partial charge in [0, 0.05) is 47.4 Å². The van der Waals surface area contributed by atoms with Gasteiger partial charge >= 0.3 is 6.03 Å². The van der Waals surface area contributed by atoms with E-state index in [1.165, 1.54) is 6.07 Å². The Morgan fingerprint density at radius 1 is 1.28 bits per heavy atom. The Hall–Kier alpha value is -2.82. The van der Waals surface area contributed by atoms with Crippen molar-refractivity contribution in [2.45, 2.75) is 26.3 Å². The first kappa shape index (κ1) is 15.7. The van der Waals surface area contributed by atoms with Gasteiger partial charge < -0.3 is 15.2 Å². The smallest absolute Gasteiger partial charge is 0.322 e. The van der Waals surface area contributed by atoms with Gasteiger partial charge in [0.25, 0.3) is 0 Å². The quantitative estimate of drug-likeness (QED) is 0.713. The molecule has 0 unspecified atom stereocenters. The molecule has 0 bridgehead atoms. The number of nitrogens with one attached hydrogen (secondary N) is 2. The summed E-state index contributed by atoms with van der Waals surface area (Å²) in [6.45, 7) is 3.19. The van der Waals surface area contributed by atoms with Crippen molar-refractivity contribution in [3.63, 3.8) is 0 Å². The first-order chi connectivity index (χ1) is 12.2. The summed E-state index contributed by atoms with van der Waals surface area (Å²) in [7, 11) is 0. The zero-order valence-corrected chi connectivity index (χ0v) is 14.1. The first-order valence-corrected chi connectivity index (χ1v) is 8.58. The zero-order chi connectivity index (χ0) is 17.4. The van der Waals surface area contributed by atoms with Crippen LogP contribution in [0.15, 0.2) is 42.5 Å². The summed E-state index contributed by atoms with van der Waals surface area (Å²) < 4.78 is 13.6. The molecule has 0 saturated heterocycles. The summed E-state index contributed by atoms with van der Waals surface area (Å²) in [5.74, 6) is -0.257. The Bertz CT molecular complexity index is 947. The lowest BCUT2D eigenvalue weighted by molar-refractivity contribution is 0.206. The van der Waals surface area contributed by atoms with E-state index >= 15 is 0 Å². The van der Waals surface area contributed by atoms with Crippen LogP contribution in [0.3, 0.4) is 0 Å². The van der Waals surface area contributed by atoms with Crippen LogP contribution in [0.1, 0.15) is 23.7 Å². The van der Waals surface area contributed by atoms with Crippen LogP contribution in [0, 0.1) is 5.82 Å². The second-order valence-corrected chi connectivity index (χ2v) is 6.38. The number of hydrogen-bond donors (Lipinski definition) is 2. The highest BCUT2D eigenvalue weighted by Gasteiger charge is 2.24. The fourth-order valence-electron chi connectivity index (χ4n) is 3.50. The average molecular weight is 337 g/mol. The number of fused-ring (bicyclic) bond motifs is 3. The van der Waals surface area contributed by atoms with Crippen LogP contribution in [0.2, 0.25) is 0 Å². The Balaban J connectivity index is 1.58. The molecule has 4 rings (SSSR count). The third-order valence-corrected chi connectivity index (χ3v) is 4.86. The number of carbonyl (C=O) groups excluding carboxylic acids is 1. The molecule has 1 aliphatic rings. The number of aromatic amines is 1. The maximum Gasteiger partial charge on any atom is 0.322 e. The van der Waals surface area contributed by atoms with Crippen molar-refractivity contribution in [2.75, 3.05) is 11.9 Å². The molecule has 3 aromatic rings. The number of amides is 2. The molecule has 2 N–H and O–H groups in total. The molecule has 2 amide bonds. The van der Waals surface area contributed by atoms with Crippen molar-refractivity contribution < 1.29 is 9.18 Å². The van der Waals surface area contributed by atoms with E-state index in [0.717, 1.165) is 46.3 Å². The summed E-state index contributed by atoms with van der Waals surface area (Å²) in [6, 6.07) is 12.5. The van der Waals surface area contributed by atoms with E-state index < -0.39 is 0 Å². The van der Waals surface area contributed by atoms with Crippen LogP contribution in [0.4, 0.5) is 14.9 Å². The zero-order valence-electron chi connectivity index (χ0n) is 14.1. The standard InChI is InChI=1S/C20H20FN3O/c1-2-13-5-3-4-6-17(13)23-20(25)24-10-9-19-16(12-24)15-11-14(21)7-8-18(15)22-19/h3-8,11,22H,2,9-10,12H2,1H3,(H,23,25). The minimum absolute atomic E-state index is 0.114. The number of aromatic nitrogens is 1. The Kier molecular flexibility index (Phi) is 3.92. The van der Waals surface area contributed by atoms with Gasteiger partial charge in [-0.2, -0.15) is 0 Å². The van der Waals surface area contributed by atoms with Crippen LogP contribution < -0.4 is 5.32 Å². The molecule has 0 saturated carbocycles. The van der Waals surface area contributed by atoms with E-state index in [-0.39, 0.29) is 11.8 Å². The fourth-order valence-corrected chi connectivity index (χ4v) is 3.50. The Morgan fingerprint density at radius 3 is 2.96 bits per heavy atom. The van der Waals surface area contributed by atoms with E-state index in [4.69, 9.17) is 0 Å². The van der Waals surface area contributed by atoms with Crippen LogP contribution in [0.5, 0.6) is 0 Å². The summed E-state index contributed by atoms with van der Waals surface area (Å²) >= 11 is 0. The number of halogens is 1. The van der Waals surface area contributed by atoms with Gasteiger partial charge in [-0.1, -0.05) is 25.1 Å². The van der Waals surface area contributed by atoms with Crippen LogP contribution in [-0.4, -0.2) is 22.5 Å². The van der Waals surface area contributed by atoms with Gasteiger partial charge in [0.1, 0.15) is 5.82 Å². The van der Waals surface area contributed by atoms with Crippen LogP contribution in [0.25, 0.3) is 10.9 Å². The molecule has 5 heteroatoms. The SMILES string of the molecule is CCc1ccccc1NC(=O)N1CCc2[nH]c3ccc(F)cc3c2C1. The van der Waals surface area contributed by atoms with Crippen molar-refractivity contribution in [1.82, 2.24) is 9.88 Å². The number of anilines is 1. The topological polar surface area (TPSA) is 48.1 Å². The summed E-state index contributed by atoms with van der Waals surface area (Å²) in [4.78, 5) is 17.8. The number of urea groups is 1. The molecular formula is C20H20FN3O. The molecule has 1 aliphatic heterocycles.